The molecule has 0 aliphatic heterocycles. The molecule has 0 fully saturated rings. The Labute approximate surface area is 133 Å². The molecule has 1 unspecified atom stereocenters. The first-order chi connectivity index (χ1) is 10.2. The summed E-state index contributed by atoms with van der Waals surface area (Å²) in [4.78, 5) is 0. The molecule has 0 bridgehead atoms. The lowest BCUT2D eigenvalue weighted by molar-refractivity contribution is -0.0664. The van der Waals surface area contributed by atoms with Crippen LogP contribution in [0.15, 0.2) is 0 Å². The molecule has 0 amide bonds. The Morgan fingerprint density at radius 1 is 0.714 bits per heavy atom. The Morgan fingerprint density at radius 3 is 1.52 bits per heavy atom. The number of ether oxygens (including phenoxy) is 2. The molecular weight excluding hydrogens is 262 g/mol. The average Bonchev–Trinajstić information content (AvgIpc) is 2.48. The van der Waals surface area contributed by atoms with Gasteiger partial charge in [0.05, 0.1) is 6.61 Å². The lowest BCUT2D eigenvalue weighted by Gasteiger charge is -2.26. The molecule has 0 spiro atoms. The van der Waals surface area contributed by atoms with E-state index in [4.69, 9.17) is 15.2 Å². The second-order valence-corrected chi connectivity index (χ2v) is 6.34. The third-order valence-electron chi connectivity index (χ3n) is 4.25. The zero-order chi connectivity index (χ0) is 15.8. The summed E-state index contributed by atoms with van der Waals surface area (Å²) < 4.78 is 10.4. The van der Waals surface area contributed by atoms with Gasteiger partial charge >= 0.3 is 0 Å². The second kappa shape index (κ2) is 14.8. The number of hydrogen-bond acceptors (Lipinski definition) is 3. The molecule has 128 valence electrons. The van der Waals surface area contributed by atoms with Crippen LogP contribution in [-0.2, 0) is 9.47 Å². The molecular formula is C18H39NO2. The first kappa shape index (κ1) is 20.9. The summed E-state index contributed by atoms with van der Waals surface area (Å²) in [6.45, 7) is 2.75. The van der Waals surface area contributed by atoms with E-state index in [-0.39, 0.29) is 0 Å². The summed E-state index contributed by atoms with van der Waals surface area (Å²) in [7, 11) is 3.34. The SMILES string of the molecule is CCCCCCCCCCCCCCC(N)(COC)OC. The van der Waals surface area contributed by atoms with Gasteiger partial charge in [-0.25, -0.2) is 0 Å². The summed E-state index contributed by atoms with van der Waals surface area (Å²) in [6.07, 6.45) is 17.2. The van der Waals surface area contributed by atoms with E-state index >= 15 is 0 Å². The Bertz CT molecular complexity index is 211. The van der Waals surface area contributed by atoms with Crippen molar-refractivity contribution in [1.29, 1.82) is 0 Å². The number of hydrogen-bond donors (Lipinski definition) is 1. The van der Waals surface area contributed by atoms with Gasteiger partial charge in [-0.3, -0.25) is 0 Å². The zero-order valence-electron chi connectivity index (χ0n) is 14.8. The van der Waals surface area contributed by atoms with Crippen LogP contribution in [0.3, 0.4) is 0 Å². The lowest BCUT2D eigenvalue weighted by atomic mass is 10.0. The number of rotatable bonds is 16. The Kier molecular flexibility index (Phi) is 14.7. The molecule has 0 saturated carbocycles. The molecule has 0 radical (unpaired) electrons. The van der Waals surface area contributed by atoms with Gasteiger partial charge in [-0.05, 0) is 12.8 Å². The fourth-order valence-corrected chi connectivity index (χ4v) is 2.74. The summed E-state index contributed by atoms with van der Waals surface area (Å²) in [6, 6.07) is 0. The van der Waals surface area contributed by atoms with E-state index in [0.717, 1.165) is 12.8 Å². The first-order valence-corrected chi connectivity index (χ1v) is 9.01. The van der Waals surface area contributed by atoms with Gasteiger partial charge in [0.25, 0.3) is 0 Å². The first-order valence-electron chi connectivity index (χ1n) is 9.01. The van der Waals surface area contributed by atoms with Gasteiger partial charge < -0.3 is 15.2 Å². The molecule has 0 rings (SSSR count). The quantitative estimate of drug-likeness (QED) is 0.321. The molecule has 0 aromatic heterocycles. The van der Waals surface area contributed by atoms with Crippen molar-refractivity contribution >= 4 is 0 Å². The minimum atomic E-state index is -0.590. The van der Waals surface area contributed by atoms with Gasteiger partial charge in [0, 0.05) is 14.2 Å². The Hall–Kier alpha value is -0.120. The molecule has 3 heteroatoms. The highest BCUT2D eigenvalue weighted by Crippen LogP contribution is 2.16. The van der Waals surface area contributed by atoms with E-state index < -0.39 is 5.72 Å². The molecule has 1 atom stereocenters. The molecule has 0 aliphatic rings. The molecule has 21 heavy (non-hydrogen) atoms. The van der Waals surface area contributed by atoms with E-state index in [1.807, 2.05) is 0 Å². The van der Waals surface area contributed by atoms with Gasteiger partial charge in [-0.15, -0.1) is 0 Å². The normalized spacial score (nSPS) is 14.3. The number of unbranched alkanes of at least 4 members (excludes halogenated alkanes) is 11. The van der Waals surface area contributed by atoms with Crippen LogP contribution in [0.4, 0.5) is 0 Å². The van der Waals surface area contributed by atoms with Crippen LogP contribution < -0.4 is 5.73 Å². The monoisotopic (exact) mass is 301 g/mol. The van der Waals surface area contributed by atoms with Crippen LogP contribution in [0.1, 0.15) is 90.4 Å². The van der Waals surface area contributed by atoms with Crippen LogP contribution in [-0.4, -0.2) is 26.6 Å². The lowest BCUT2D eigenvalue weighted by Crippen LogP contribution is -2.46. The minimum Gasteiger partial charge on any atom is -0.380 e. The van der Waals surface area contributed by atoms with Crippen molar-refractivity contribution in [3.63, 3.8) is 0 Å². The van der Waals surface area contributed by atoms with Crippen molar-refractivity contribution in [3.8, 4) is 0 Å². The maximum Gasteiger partial charge on any atom is 0.139 e. The molecule has 0 saturated heterocycles. The minimum absolute atomic E-state index is 0.474. The van der Waals surface area contributed by atoms with E-state index in [1.165, 1.54) is 70.6 Å². The average molecular weight is 302 g/mol. The van der Waals surface area contributed by atoms with E-state index in [9.17, 15) is 0 Å². The van der Waals surface area contributed by atoms with Crippen molar-refractivity contribution in [1.82, 2.24) is 0 Å². The Morgan fingerprint density at radius 2 is 1.14 bits per heavy atom. The van der Waals surface area contributed by atoms with Crippen molar-refractivity contribution < 1.29 is 9.47 Å². The van der Waals surface area contributed by atoms with Gasteiger partial charge in [-0.2, -0.15) is 0 Å². The molecule has 0 aliphatic carbocycles. The summed E-state index contributed by atoms with van der Waals surface area (Å²) >= 11 is 0. The standard InChI is InChI=1S/C18H39NO2/c1-4-5-6-7-8-9-10-11-12-13-14-15-16-18(19,21-3)17-20-2/h4-17,19H2,1-3H3. The van der Waals surface area contributed by atoms with E-state index in [0.29, 0.717) is 6.61 Å². The van der Waals surface area contributed by atoms with Crippen LogP contribution in [0.2, 0.25) is 0 Å². The third kappa shape index (κ3) is 13.3. The van der Waals surface area contributed by atoms with E-state index in [2.05, 4.69) is 6.92 Å². The predicted molar refractivity (Wildman–Crippen MR) is 91.5 cm³/mol. The van der Waals surface area contributed by atoms with Crippen molar-refractivity contribution in [2.24, 2.45) is 5.73 Å². The third-order valence-corrected chi connectivity index (χ3v) is 4.25. The fraction of sp³-hybridized carbons (Fsp3) is 1.00. The zero-order valence-corrected chi connectivity index (χ0v) is 14.8. The maximum atomic E-state index is 6.09. The van der Waals surface area contributed by atoms with Crippen LogP contribution in [0.25, 0.3) is 0 Å². The number of methoxy groups -OCH3 is 2. The van der Waals surface area contributed by atoms with Crippen molar-refractivity contribution in [2.45, 2.75) is 96.1 Å². The van der Waals surface area contributed by atoms with Crippen LogP contribution in [0.5, 0.6) is 0 Å². The second-order valence-electron chi connectivity index (χ2n) is 6.34. The van der Waals surface area contributed by atoms with Crippen LogP contribution in [0, 0.1) is 0 Å². The Balaban J connectivity index is 3.25. The summed E-state index contributed by atoms with van der Waals surface area (Å²) in [5.74, 6) is 0. The molecule has 0 aromatic rings. The molecule has 0 heterocycles. The highest BCUT2D eigenvalue weighted by atomic mass is 16.5. The molecule has 0 aromatic carbocycles. The van der Waals surface area contributed by atoms with Gasteiger partial charge in [0.15, 0.2) is 0 Å². The van der Waals surface area contributed by atoms with Gasteiger partial charge in [-0.1, -0.05) is 77.6 Å². The van der Waals surface area contributed by atoms with Gasteiger partial charge in [0.1, 0.15) is 5.72 Å². The van der Waals surface area contributed by atoms with Crippen LogP contribution >= 0.6 is 0 Å². The molecule has 2 N–H and O–H groups in total. The largest absolute Gasteiger partial charge is 0.380 e. The van der Waals surface area contributed by atoms with Gasteiger partial charge in [0.2, 0.25) is 0 Å². The number of nitrogens with two attached hydrogens (primary N) is 1. The predicted octanol–water partition coefficient (Wildman–Crippen LogP) is 5.03. The summed E-state index contributed by atoms with van der Waals surface area (Å²) in [5.41, 5.74) is 5.50. The van der Waals surface area contributed by atoms with Crippen molar-refractivity contribution in [2.75, 3.05) is 20.8 Å². The van der Waals surface area contributed by atoms with Crippen molar-refractivity contribution in [3.05, 3.63) is 0 Å². The molecule has 3 nitrogen and oxygen atoms in total. The highest BCUT2D eigenvalue weighted by molar-refractivity contribution is 4.72. The topological polar surface area (TPSA) is 44.5 Å². The van der Waals surface area contributed by atoms with E-state index in [1.54, 1.807) is 14.2 Å². The fourth-order valence-electron chi connectivity index (χ4n) is 2.74. The highest BCUT2D eigenvalue weighted by Gasteiger charge is 2.23. The smallest absolute Gasteiger partial charge is 0.139 e. The summed E-state index contributed by atoms with van der Waals surface area (Å²) in [5, 5.41) is 0. The maximum absolute atomic E-state index is 6.09.